The second-order valence-electron chi connectivity index (χ2n) is 11.7. The van der Waals surface area contributed by atoms with Gasteiger partial charge in [-0.05, 0) is 25.0 Å². The van der Waals surface area contributed by atoms with E-state index in [9.17, 15) is 22.8 Å². The van der Waals surface area contributed by atoms with Gasteiger partial charge in [0.2, 0.25) is 5.60 Å². The van der Waals surface area contributed by atoms with Gasteiger partial charge in [0.25, 0.3) is 0 Å². The summed E-state index contributed by atoms with van der Waals surface area (Å²) in [5.74, 6) is -3.49. The van der Waals surface area contributed by atoms with Crippen LogP contribution in [-0.2, 0) is 34.1 Å². The van der Waals surface area contributed by atoms with Gasteiger partial charge in [0.1, 0.15) is 12.1 Å². The highest BCUT2D eigenvalue weighted by molar-refractivity contribution is 5.86. The number of halogens is 3. The molecule has 1 spiro atoms. The highest BCUT2D eigenvalue weighted by Crippen LogP contribution is 2.47. The number of esters is 1. The maximum Gasteiger partial charge on any atom is 0.510 e. The van der Waals surface area contributed by atoms with Gasteiger partial charge in [-0.3, -0.25) is 0 Å². The van der Waals surface area contributed by atoms with Gasteiger partial charge in [-0.15, -0.1) is 0 Å². The number of carboxylic acids is 1. The van der Waals surface area contributed by atoms with Crippen molar-refractivity contribution in [1.82, 2.24) is 0 Å². The van der Waals surface area contributed by atoms with Gasteiger partial charge in [0.15, 0.2) is 6.79 Å². The van der Waals surface area contributed by atoms with Crippen molar-refractivity contribution >= 4 is 18.1 Å². The molecule has 0 N–H and O–H groups in total. The fourth-order valence-electron chi connectivity index (χ4n) is 6.91. The molecule has 44 heavy (non-hydrogen) atoms. The number of carbonyl (C=O) groups excluding carboxylic acids is 3. The molecule has 5 rings (SSSR count). The van der Waals surface area contributed by atoms with Crippen molar-refractivity contribution in [2.24, 2.45) is 0 Å². The van der Waals surface area contributed by atoms with Crippen LogP contribution in [0, 0.1) is 0 Å². The van der Waals surface area contributed by atoms with Crippen LogP contribution in [0.1, 0.15) is 63.5 Å². The van der Waals surface area contributed by atoms with Gasteiger partial charge < -0.3 is 33.3 Å². The Morgan fingerprint density at radius 3 is 1.80 bits per heavy atom. The van der Waals surface area contributed by atoms with E-state index in [4.69, 9.17) is 28.8 Å². The molecular weight excluding hydrogens is 583 g/mol. The Morgan fingerprint density at radius 1 is 0.886 bits per heavy atom. The molecule has 240 valence electrons. The minimum Gasteiger partial charge on any atom is -0.542 e. The third-order valence-corrected chi connectivity index (χ3v) is 8.69. The maximum atomic E-state index is 14.2. The molecule has 12 heteroatoms. The van der Waals surface area contributed by atoms with Crippen LogP contribution in [0.4, 0.5) is 18.0 Å². The van der Waals surface area contributed by atoms with Gasteiger partial charge in [-0.25, -0.2) is 9.59 Å². The van der Waals surface area contributed by atoms with Crippen LogP contribution in [-0.4, -0.2) is 72.9 Å². The fourth-order valence-corrected chi connectivity index (χ4v) is 6.91. The third-order valence-electron chi connectivity index (χ3n) is 8.69. The van der Waals surface area contributed by atoms with Crippen LogP contribution in [0.15, 0.2) is 60.7 Å². The second-order valence-corrected chi connectivity index (χ2v) is 11.7. The molecule has 3 fully saturated rings. The molecule has 2 unspecified atom stereocenters. The number of aliphatic carboxylic acids is 1. The lowest BCUT2D eigenvalue weighted by molar-refractivity contribution is -0.956. The second kappa shape index (κ2) is 14.0. The predicted molar refractivity (Wildman–Crippen MR) is 149 cm³/mol. The van der Waals surface area contributed by atoms with Crippen molar-refractivity contribution in [1.29, 1.82) is 0 Å². The van der Waals surface area contributed by atoms with Gasteiger partial charge in [-0.2, -0.15) is 13.2 Å². The molecule has 3 aliphatic heterocycles. The Labute approximate surface area is 254 Å². The van der Waals surface area contributed by atoms with Crippen LogP contribution in [0.2, 0.25) is 0 Å². The molecule has 3 aliphatic rings. The van der Waals surface area contributed by atoms with Crippen molar-refractivity contribution in [2.45, 2.75) is 88.4 Å². The van der Waals surface area contributed by atoms with E-state index in [0.29, 0.717) is 23.2 Å². The highest BCUT2D eigenvalue weighted by atomic mass is 19.4. The van der Waals surface area contributed by atoms with E-state index in [1.165, 1.54) is 43.3 Å². The zero-order chi connectivity index (χ0) is 32.0. The number of benzene rings is 2. The maximum absolute atomic E-state index is 14.2. The zero-order valence-electron chi connectivity index (χ0n) is 24.8. The lowest BCUT2D eigenvalue weighted by Crippen LogP contribution is -2.60. The average Bonchev–Trinajstić information content (AvgIpc) is 3.52. The highest BCUT2D eigenvalue weighted by Gasteiger charge is 2.57. The zero-order valence-corrected chi connectivity index (χ0v) is 24.8. The minimum atomic E-state index is -5.19. The summed E-state index contributed by atoms with van der Waals surface area (Å²) in [6.45, 7) is 5.55. The Hall–Kier alpha value is -3.64. The monoisotopic (exact) mass is 621 g/mol. The summed E-state index contributed by atoms with van der Waals surface area (Å²) in [4.78, 5) is 35.1. The third kappa shape index (κ3) is 7.35. The minimum absolute atomic E-state index is 0.156. The van der Waals surface area contributed by atoms with Gasteiger partial charge in [-0.1, -0.05) is 60.7 Å². The summed E-state index contributed by atoms with van der Waals surface area (Å²) in [6, 6.07) is 19.7. The number of quaternary nitrogens is 1. The molecule has 0 saturated carbocycles. The van der Waals surface area contributed by atoms with E-state index in [2.05, 4.69) is 0 Å². The molecule has 2 bridgehead atoms. The normalized spacial score (nSPS) is 22.2. The summed E-state index contributed by atoms with van der Waals surface area (Å²) in [6.07, 6.45) is 0.281. The molecule has 9 nitrogen and oxygen atoms in total. The number of hydrogen-bond acceptors (Lipinski definition) is 8. The van der Waals surface area contributed by atoms with Gasteiger partial charge in [0, 0.05) is 38.5 Å². The van der Waals surface area contributed by atoms with Crippen LogP contribution in [0.5, 0.6) is 0 Å². The standard InChI is InChI=1S/C30H38NO6.C2HF3O2/c1-22(2)36-29(33)34-21-35-30(23-11-5-3-6-12-23,24-13-7-4-8-14-24)28(32)37-27-19-25-15-16-26(20-27)31(25)17-9-10-18-31;3-2(4,5)1(6)7/h3-8,11-14,22,25-27H,9-10,15-21H2,1-2H3;(H,6,7)/q+1;/p-1. The number of alkyl halides is 3. The topological polar surface area (TPSA) is 111 Å². The first-order valence-corrected chi connectivity index (χ1v) is 14.8. The molecule has 2 aromatic carbocycles. The van der Waals surface area contributed by atoms with Crippen molar-refractivity contribution in [3.05, 3.63) is 71.8 Å². The van der Waals surface area contributed by atoms with E-state index in [1.54, 1.807) is 13.8 Å². The van der Waals surface area contributed by atoms with E-state index in [-0.39, 0.29) is 12.2 Å². The molecule has 0 aliphatic carbocycles. The van der Waals surface area contributed by atoms with Gasteiger partial charge in [0.05, 0.1) is 31.3 Å². The van der Waals surface area contributed by atoms with Crippen LogP contribution in [0.25, 0.3) is 0 Å². The van der Waals surface area contributed by atoms with E-state index in [0.717, 1.165) is 12.8 Å². The Balaban J connectivity index is 0.000000566. The first-order valence-electron chi connectivity index (χ1n) is 14.8. The smallest absolute Gasteiger partial charge is 0.510 e. The molecule has 0 radical (unpaired) electrons. The predicted octanol–water partition coefficient (Wildman–Crippen LogP) is 4.61. The lowest BCUT2D eigenvalue weighted by Gasteiger charge is -2.47. The molecule has 0 amide bonds. The van der Waals surface area contributed by atoms with Crippen LogP contribution >= 0.6 is 0 Å². The molecule has 2 atom stereocenters. The van der Waals surface area contributed by atoms with Crippen LogP contribution < -0.4 is 5.11 Å². The summed E-state index contributed by atoms with van der Waals surface area (Å²) in [7, 11) is 0. The number of ether oxygens (including phenoxy) is 4. The summed E-state index contributed by atoms with van der Waals surface area (Å²) in [5.41, 5.74) is -0.348. The van der Waals surface area contributed by atoms with Crippen LogP contribution in [0.3, 0.4) is 0 Å². The Kier molecular flexibility index (Phi) is 10.6. The van der Waals surface area contributed by atoms with Crippen molar-refractivity contribution in [2.75, 3.05) is 19.9 Å². The van der Waals surface area contributed by atoms with E-state index < -0.39 is 36.7 Å². The number of hydrogen-bond donors (Lipinski definition) is 0. The Bertz CT molecular complexity index is 1210. The van der Waals surface area contributed by atoms with E-state index in [1.807, 2.05) is 60.7 Å². The number of carbonyl (C=O) groups is 3. The van der Waals surface area contributed by atoms with Crippen molar-refractivity contribution in [3.8, 4) is 0 Å². The van der Waals surface area contributed by atoms with Gasteiger partial charge >= 0.3 is 18.3 Å². The SMILES string of the molecule is CC(C)OC(=O)OCOC(C(=O)OC1CC2CCC(C1)[N+]21CCCC1)(c1ccccc1)c1ccccc1.O=C([O-])C(F)(F)F. The Morgan fingerprint density at radius 2 is 1.36 bits per heavy atom. The molecule has 3 saturated heterocycles. The molecular formula is C32H38F3NO8. The van der Waals surface area contributed by atoms with E-state index >= 15 is 0 Å². The number of rotatable bonds is 8. The summed E-state index contributed by atoms with van der Waals surface area (Å²) >= 11 is 0. The lowest BCUT2D eigenvalue weighted by atomic mass is 9.85. The molecule has 0 aromatic heterocycles. The largest absolute Gasteiger partial charge is 0.542 e. The number of carboxylic acid groups (broad SMARTS) is 1. The first-order chi connectivity index (χ1) is 20.9. The molecule has 3 heterocycles. The van der Waals surface area contributed by atoms with Crippen molar-refractivity contribution in [3.63, 3.8) is 0 Å². The number of nitrogens with zero attached hydrogens (tertiary/aromatic N) is 1. The molecule has 2 aromatic rings. The van der Waals surface area contributed by atoms with Crippen molar-refractivity contribution < 1.29 is 56.1 Å². The quantitative estimate of drug-likeness (QED) is 0.239. The fraction of sp³-hybridized carbons (Fsp3) is 0.531. The average molecular weight is 622 g/mol. The summed E-state index contributed by atoms with van der Waals surface area (Å²) in [5, 5.41) is 8.78. The number of piperidine rings is 1. The first kappa shape index (κ1) is 33.3. The summed E-state index contributed by atoms with van der Waals surface area (Å²) < 4.78 is 55.6.